The summed E-state index contributed by atoms with van der Waals surface area (Å²) in [5, 5.41) is 7.48. The van der Waals surface area contributed by atoms with Gasteiger partial charge in [0, 0.05) is 18.4 Å². The van der Waals surface area contributed by atoms with Gasteiger partial charge in [-0.2, -0.15) is 5.10 Å². The van der Waals surface area contributed by atoms with Gasteiger partial charge >= 0.3 is 6.09 Å². The number of nitrogens with two attached hydrogens (primary N) is 1. The molecule has 1 fully saturated rings. The number of primary amides is 1. The molecule has 1 aliphatic heterocycles. The third-order valence-electron chi connectivity index (χ3n) is 5.33. The molecule has 8 nitrogen and oxygen atoms in total. The second-order valence-electron chi connectivity index (χ2n) is 9.16. The maximum Gasteiger partial charge on any atom is 0.409 e. The molecule has 3 N–H and O–H groups in total. The summed E-state index contributed by atoms with van der Waals surface area (Å²) in [6, 6.07) is 5.34. The van der Waals surface area contributed by atoms with E-state index in [4.69, 9.17) is 10.5 Å². The maximum atomic E-state index is 13.2. The van der Waals surface area contributed by atoms with E-state index in [0.717, 1.165) is 12.0 Å². The van der Waals surface area contributed by atoms with Crippen LogP contribution >= 0.6 is 0 Å². The fourth-order valence-corrected chi connectivity index (χ4v) is 3.34. The Kier molecular flexibility index (Phi) is 6.86. The zero-order valence-corrected chi connectivity index (χ0v) is 18.7. The van der Waals surface area contributed by atoms with Gasteiger partial charge in [0.25, 0.3) is 5.91 Å². The molecule has 1 aromatic heterocycles. The number of piperidine rings is 1. The Morgan fingerprint density at radius 1 is 1.31 bits per heavy atom. The summed E-state index contributed by atoms with van der Waals surface area (Å²) in [5.41, 5.74) is 7.25. The lowest BCUT2D eigenvalue weighted by atomic mass is 9.93. The highest BCUT2D eigenvalue weighted by Gasteiger charge is 2.30. The van der Waals surface area contributed by atoms with Crippen LogP contribution in [0.15, 0.2) is 42.6 Å². The molecule has 1 saturated heterocycles. The van der Waals surface area contributed by atoms with Gasteiger partial charge in [-0.15, -0.1) is 0 Å². The molecule has 0 unspecified atom stereocenters. The number of ether oxygens (including phenoxy) is 1. The molecule has 172 valence electrons. The standard InChI is InChI=1S/C23H30FN5O3/c1-15-9-11-28(22(31)32-12-10-23(2,3)4)14-19(15)29-13-18(20(25)30)21(27-29)26-17-7-5-16(24)6-8-17/h5-8,13,19H,1,9-12,14H2,2-4H3,(H2,25,30)(H,26,27)/t19-/m1/s1. The highest BCUT2D eigenvalue weighted by molar-refractivity contribution is 5.98. The highest BCUT2D eigenvalue weighted by atomic mass is 19.1. The molecule has 9 heteroatoms. The van der Waals surface area contributed by atoms with Crippen LogP contribution < -0.4 is 11.1 Å². The Bertz CT molecular complexity index is 994. The molecule has 2 aromatic rings. The van der Waals surface area contributed by atoms with Crippen LogP contribution in [0.1, 0.15) is 50.0 Å². The molecular formula is C23H30FN5O3. The first-order valence-electron chi connectivity index (χ1n) is 10.5. The largest absolute Gasteiger partial charge is 0.449 e. The van der Waals surface area contributed by atoms with E-state index in [1.54, 1.807) is 15.8 Å². The van der Waals surface area contributed by atoms with Crippen LogP contribution in [-0.4, -0.2) is 46.4 Å². The Morgan fingerprint density at radius 2 is 2.00 bits per heavy atom. The first-order chi connectivity index (χ1) is 15.0. The predicted octanol–water partition coefficient (Wildman–Crippen LogP) is 4.24. The van der Waals surface area contributed by atoms with E-state index < -0.39 is 5.91 Å². The van der Waals surface area contributed by atoms with Crippen molar-refractivity contribution in [2.75, 3.05) is 25.0 Å². The summed E-state index contributed by atoms with van der Waals surface area (Å²) in [4.78, 5) is 26.1. The third-order valence-corrected chi connectivity index (χ3v) is 5.33. The lowest BCUT2D eigenvalue weighted by Crippen LogP contribution is -2.42. The molecule has 3 rings (SSSR count). The SMILES string of the molecule is C=C1CCN(C(=O)OCCC(C)(C)C)C[C@H]1n1cc(C(N)=O)c(Nc2ccc(F)cc2)n1. The van der Waals surface area contributed by atoms with Crippen molar-refractivity contribution < 1.29 is 18.7 Å². The quantitative estimate of drug-likeness (QED) is 0.650. The molecule has 0 aliphatic carbocycles. The number of nitrogens with one attached hydrogen (secondary N) is 1. The van der Waals surface area contributed by atoms with Gasteiger partial charge in [-0.1, -0.05) is 27.4 Å². The Hall–Kier alpha value is -3.36. The number of likely N-dealkylation sites (tertiary alicyclic amines) is 1. The maximum absolute atomic E-state index is 13.2. The van der Waals surface area contributed by atoms with Crippen molar-refractivity contribution in [1.29, 1.82) is 0 Å². The number of halogens is 1. The molecule has 0 radical (unpaired) electrons. The molecule has 1 atom stereocenters. The summed E-state index contributed by atoms with van der Waals surface area (Å²) >= 11 is 0. The monoisotopic (exact) mass is 443 g/mol. The van der Waals surface area contributed by atoms with Crippen LogP contribution in [0, 0.1) is 11.2 Å². The lowest BCUT2D eigenvalue weighted by molar-refractivity contribution is 0.0833. The number of anilines is 2. The van der Waals surface area contributed by atoms with Gasteiger partial charge in [0.05, 0.1) is 19.2 Å². The minimum atomic E-state index is -0.652. The summed E-state index contributed by atoms with van der Waals surface area (Å²) in [7, 11) is 0. The smallest absolute Gasteiger partial charge is 0.409 e. The minimum Gasteiger partial charge on any atom is -0.449 e. The van der Waals surface area contributed by atoms with Gasteiger partial charge in [0.1, 0.15) is 11.4 Å². The van der Waals surface area contributed by atoms with Crippen molar-refractivity contribution in [3.05, 3.63) is 54.0 Å². The number of carbonyl (C=O) groups excluding carboxylic acids is 2. The average Bonchev–Trinajstić information content (AvgIpc) is 3.13. The molecule has 0 spiro atoms. The van der Waals surface area contributed by atoms with Crippen LogP contribution in [0.5, 0.6) is 0 Å². The van der Waals surface area contributed by atoms with Crippen LogP contribution in [0.25, 0.3) is 0 Å². The van der Waals surface area contributed by atoms with E-state index >= 15 is 0 Å². The Morgan fingerprint density at radius 3 is 2.62 bits per heavy atom. The number of hydrogen-bond donors (Lipinski definition) is 2. The van der Waals surface area contributed by atoms with E-state index in [1.165, 1.54) is 24.3 Å². The number of amides is 2. The minimum absolute atomic E-state index is 0.0765. The van der Waals surface area contributed by atoms with E-state index in [9.17, 15) is 14.0 Å². The number of hydrogen-bond acceptors (Lipinski definition) is 5. The van der Waals surface area contributed by atoms with Crippen molar-refractivity contribution in [3.8, 4) is 0 Å². The van der Waals surface area contributed by atoms with Gasteiger partial charge in [-0.05, 0) is 48.1 Å². The number of aromatic nitrogens is 2. The molecule has 0 saturated carbocycles. The lowest BCUT2D eigenvalue weighted by Gasteiger charge is -2.34. The molecule has 1 aliphatic rings. The van der Waals surface area contributed by atoms with Crippen molar-refractivity contribution in [3.63, 3.8) is 0 Å². The first kappa shape index (κ1) is 23.3. The van der Waals surface area contributed by atoms with Gasteiger partial charge in [0.15, 0.2) is 5.82 Å². The number of carbonyl (C=O) groups is 2. The molecular weight excluding hydrogens is 413 g/mol. The molecule has 32 heavy (non-hydrogen) atoms. The normalized spacial score (nSPS) is 16.7. The molecule has 2 amide bonds. The second kappa shape index (κ2) is 9.42. The fourth-order valence-electron chi connectivity index (χ4n) is 3.34. The number of nitrogens with zero attached hydrogens (tertiary/aromatic N) is 3. The highest BCUT2D eigenvalue weighted by Crippen LogP contribution is 2.29. The van der Waals surface area contributed by atoms with E-state index in [2.05, 4.69) is 37.8 Å². The Balaban J connectivity index is 1.75. The Labute approximate surface area is 187 Å². The van der Waals surface area contributed by atoms with E-state index in [0.29, 0.717) is 31.8 Å². The van der Waals surface area contributed by atoms with E-state index in [1.807, 2.05) is 0 Å². The van der Waals surface area contributed by atoms with Crippen LogP contribution in [0.4, 0.5) is 20.7 Å². The predicted molar refractivity (Wildman–Crippen MR) is 120 cm³/mol. The summed E-state index contributed by atoms with van der Waals surface area (Å²) in [6.07, 6.45) is 2.52. The van der Waals surface area contributed by atoms with E-state index in [-0.39, 0.29) is 34.7 Å². The molecule has 1 aromatic carbocycles. The average molecular weight is 444 g/mol. The van der Waals surface area contributed by atoms with Gasteiger partial charge in [0.2, 0.25) is 0 Å². The van der Waals surface area contributed by atoms with Crippen molar-refractivity contribution in [2.45, 2.75) is 39.7 Å². The number of rotatable bonds is 6. The third kappa shape index (κ3) is 5.87. The van der Waals surface area contributed by atoms with Crippen molar-refractivity contribution in [1.82, 2.24) is 14.7 Å². The first-order valence-corrected chi connectivity index (χ1v) is 10.5. The zero-order chi connectivity index (χ0) is 23.5. The van der Waals surface area contributed by atoms with Gasteiger partial charge in [-0.25, -0.2) is 9.18 Å². The molecule has 0 bridgehead atoms. The van der Waals surface area contributed by atoms with Crippen molar-refractivity contribution in [2.24, 2.45) is 11.1 Å². The van der Waals surface area contributed by atoms with Crippen LogP contribution in [-0.2, 0) is 4.74 Å². The zero-order valence-electron chi connectivity index (χ0n) is 18.7. The fraction of sp³-hybridized carbons (Fsp3) is 0.435. The number of benzene rings is 1. The van der Waals surface area contributed by atoms with Gasteiger partial charge in [-0.3, -0.25) is 9.48 Å². The summed E-state index contributed by atoms with van der Waals surface area (Å²) in [5.74, 6) is -0.772. The summed E-state index contributed by atoms with van der Waals surface area (Å²) < 4.78 is 20.2. The van der Waals surface area contributed by atoms with Gasteiger partial charge < -0.3 is 20.7 Å². The van der Waals surface area contributed by atoms with Crippen molar-refractivity contribution >= 4 is 23.5 Å². The molecule has 2 heterocycles. The van der Waals surface area contributed by atoms with Crippen LogP contribution in [0.2, 0.25) is 0 Å². The summed E-state index contributed by atoms with van der Waals surface area (Å²) in [6.45, 7) is 11.6. The topological polar surface area (TPSA) is 102 Å². The second-order valence-corrected chi connectivity index (χ2v) is 9.16. The van der Waals surface area contributed by atoms with Crippen LogP contribution in [0.3, 0.4) is 0 Å².